The first-order valence-corrected chi connectivity index (χ1v) is 14.0. The predicted octanol–water partition coefficient (Wildman–Crippen LogP) is 3.17. The highest BCUT2D eigenvalue weighted by molar-refractivity contribution is 6.29. The van der Waals surface area contributed by atoms with E-state index in [2.05, 4.69) is 31.2 Å². The molecule has 1 unspecified atom stereocenters. The van der Waals surface area contributed by atoms with Gasteiger partial charge in [-0.1, -0.05) is 23.7 Å². The minimum Gasteiger partial charge on any atom is -0.454 e. The summed E-state index contributed by atoms with van der Waals surface area (Å²) in [7, 11) is 0. The Balaban J connectivity index is 1.09. The third kappa shape index (κ3) is 5.63. The maximum Gasteiger partial charge on any atom is 0.238 e. The number of hydrogen-bond donors (Lipinski definition) is 1. The van der Waals surface area contributed by atoms with Gasteiger partial charge in [0.05, 0.1) is 6.04 Å². The number of halogens is 1. The fraction of sp³-hybridized carbons (Fsp3) is 0.310. The van der Waals surface area contributed by atoms with Gasteiger partial charge in [-0.2, -0.15) is 4.98 Å². The number of carbonyl (C=O) groups excluding carboxylic acids is 1. The second-order valence-corrected chi connectivity index (χ2v) is 10.6. The van der Waals surface area contributed by atoms with Crippen molar-refractivity contribution in [1.29, 1.82) is 0 Å². The smallest absolute Gasteiger partial charge is 0.238 e. The SMILES string of the molecule is O=C(CC1CN(Cc2ccc3c(c2)OCO3)CCN1c1cc(Cl)nc(-n2ccnc2)n1)NCc1ccc2c(c1)OCO2. The van der Waals surface area contributed by atoms with Gasteiger partial charge in [-0.15, -0.1) is 0 Å². The molecule has 13 heteroatoms. The predicted molar refractivity (Wildman–Crippen MR) is 152 cm³/mol. The molecule has 0 radical (unpaired) electrons. The van der Waals surface area contributed by atoms with E-state index in [1.165, 1.54) is 0 Å². The van der Waals surface area contributed by atoms with Crippen molar-refractivity contribution in [3.63, 3.8) is 0 Å². The molecule has 3 aliphatic heterocycles. The van der Waals surface area contributed by atoms with Gasteiger partial charge in [-0.05, 0) is 35.4 Å². The Morgan fingerprint density at radius 3 is 2.43 bits per heavy atom. The van der Waals surface area contributed by atoms with E-state index in [1.54, 1.807) is 29.4 Å². The lowest BCUT2D eigenvalue weighted by molar-refractivity contribution is -0.121. The Morgan fingerprint density at radius 1 is 0.929 bits per heavy atom. The zero-order valence-corrected chi connectivity index (χ0v) is 23.4. The van der Waals surface area contributed by atoms with Gasteiger partial charge in [-0.25, -0.2) is 9.97 Å². The van der Waals surface area contributed by atoms with Crippen LogP contribution in [-0.2, 0) is 17.9 Å². The van der Waals surface area contributed by atoms with Crippen LogP contribution in [0.2, 0.25) is 5.15 Å². The standard InChI is InChI=1S/C29H28ClN7O5/c30-26-12-27(34-29(33-26)36-6-5-31-16-36)37-8-7-35(14-20-2-4-23-25(10-20)42-18-40-23)15-21(37)11-28(38)32-13-19-1-3-22-24(9-19)41-17-39-22/h1-6,9-10,12,16,21H,7-8,11,13-15,17-18H2,(H,32,38). The molecule has 1 atom stereocenters. The van der Waals surface area contributed by atoms with E-state index in [1.807, 2.05) is 30.3 Å². The van der Waals surface area contributed by atoms with Crippen LogP contribution in [0.4, 0.5) is 5.82 Å². The Bertz CT molecular complexity index is 1600. The molecule has 7 rings (SSSR count). The topological polar surface area (TPSA) is 116 Å². The first-order chi connectivity index (χ1) is 20.6. The Hall–Kier alpha value is -4.55. The summed E-state index contributed by atoms with van der Waals surface area (Å²) in [5.41, 5.74) is 2.05. The van der Waals surface area contributed by atoms with E-state index in [9.17, 15) is 4.79 Å². The number of fused-ring (bicyclic) bond motifs is 2. The average Bonchev–Trinajstić information content (AvgIpc) is 3.78. The number of rotatable bonds is 8. The molecule has 1 amide bonds. The fourth-order valence-electron chi connectivity index (χ4n) is 5.41. The lowest BCUT2D eigenvalue weighted by atomic mass is 10.1. The number of benzene rings is 2. The fourth-order valence-corrected chi connectivity index (χ4v) is 5.58. The molecule has 2 aromatic carbocycles. The summed E-state index contributed by atoms with van der Waals surface area (Å²) in [5, 5.41) is 3.38. The molecule has 4 aromatic rings. The van der Waals surface area contributed by atoms with Crippen LogP contribution >= 0.6 is 11.6 Å². The van der Waals surface area contributed by atoms with Crippen LogP contribution in [0, 0.1) is 0 Å². The summed E-state index contributed by atoms with van der Waals surface area (Å²) in [5.74, 6) is 3.93. The highest BCUT2D eigenvalue weighted by atomic mass is 35.5. The third-order valence-electron chi connectivity index (χ3n) is 7.46. The quantitative estimate of drug-likeness (QED) is 0.307. The van der Waals surface area contributed by atoms with Crippen LogP contribution in [0.5, 0.6) is 23.0 Å². The van der Waals surface area contributed by atoms with Gasteiger partial charge in [0.15, 0.2) is 23.0 Å². The summed E-state index contributed by atoms with van der Waals surface area (Å²) in [6, 6.07) is 13.3. The number of ether oxygens (including phenoxy) is 4. The molecule has 12 nitrogen and oxygen atoms in total. The maximum absolute atomic E-state index is 13.3. The number of amides is 1. The van der Waals surface area contributed by atoms with E-state index in [0.29, 0.717) is 54.6 Å². The van der Waals surface area contributed by atoms with Crippen LogP contribution in [0.3, 0.4) is 0 Å². The monoisotopic (exact) mass is 589 g/mol. The van der Waals surface area contributed by atoms with Gasteiger partial charge in [0.25, 0.3) is 0 Å². The van der Waals surface area contributed by atoms with Crippen molar-refractivity contribution in [1.82, 2.24) is 29.7 Å². The molecule has 1 N–H and O–H groups in total. The minimum absolute atomic E-state index is 0.0671. The number of hydrogen-bond acceptors (Lipinski definition) is 10. The average molecular weight is 590 g/mol. The molecular formula is C29H28ClN7O5. The van der Waals surface area contributed by atoms with Gasteiger partial charge in [0, 0.05) is 57.6 Å². The summed E-state index contributed by atoms with van der Waals surface area (Å²) < 4.78 is 23.6. The lowest BCUT2D eigenvalue weighted by Crippen LogP contribution is -2.54. The second-order valence-electron chi connectivity index (χ2n) is 10.3. The minimum atomic E-state index is -0.161. The zero-order chi connectivity index (χ0) is 28.5. The number of carbonyl (C=O) groups is 1. The largest absolute Gasteiger partial charge is 0.454 e. The molecule has 2 aromatic heterocycles. The van der Waals surface area contributed by atoms with Crippen molar-refractivity contribution in [2.75, 3.05) is 38.1 Å². The summed E-state index contributed by atoms with van der Waals surface area (Å²) >= 11 is 6.44. The van der Waals surface area contributed by atoms with Gasteiger partial charge in [-0.3, -0.25) is 14.3 Å². The Labute approximate surface area is 246 Å². The van der Waals surface area contributed by atoms with E-state index >= 15 is 0 Å². The number of piperazine rings is 1. The van der Waals surface area contributed by atoms with Crippen molar-refractivity contribution in [2.45, 2.75) is 25.6 Å². The number of nitrogens with one attached hydrogen (secondary N) is 1. The molecular weight excluding hydrogens is 562 g/mol. The highest BCUT2D eigenvalue weighted by Gasteiger charge is 2.31. The van der Waals surface area contributed by atoms with Gasteiger partial charge < -0.3 is 29.2 Å². The van der Waals surface area contributed by atoms with Crippen molar-refractivity contribution >= 4 is 23.3 Å². The van der Waals surface area contributed by atoms with Crippen LogP contribution in [0.15, 0.2) is 61.2 Å². The summed E-state index contributed by atoms with van der Waals surface area (Å²) in [6.45, 7) is 3.61. The van der Waals surface area contributed by atoms with Crippen molar-refractivity contribution in [2.24, 2.45) is 0 Å². The molecule has 0 spiro atoms. The number of imidazole rings is 1. The number of nitrogens with zero attached hydrogens (tertiary/aromatic N) is 6. The molecule has 0 bridgehead atoms. The van der Waals surface area contributed by atoms with Gasteiger partial charge in [0.1, 0.15) is 17.3 Å². The molecule has 1 fully saturated rings. The van der Waals surface area contributed by atoms with E-state index in [0.717, 1.165) is 29.2 Å². The first-order valence-electron chi connectivity index (χ1n) is 13.6. The molecule has 216 valence electrons. The number of aromatic nitrogens is 4. The van der Waals surface area contributed by atoms with Crippen molar-refractivity contribution < 1.29 is 23.7 Å². The second kappa shape index (κ2) is 11.4. The Kier molecular flexibility index (Phi) is 7.14. The first kappa shape index (κ1) is 26.4. The van der Waals surface area contributed by atoms with Crippen LogP contribution < -0.4 is 29.2 Å². The van der Waals surface area contributed by atoms with Gasteiger partial charge in [0.2, 0.25) is 25.4 Å². The molecule has 1 saturated heterocycles. The maximum atomic E-state index is 13.3. The van der Waals surface area contributed by atoms with Crippen LogP contribution in [0.1, 0.15) is 17.5 Å². The molecule has 42 heavy (non-hydrogen) atoms. The highest BCUT2D eigenvalue weighted by Crippen LogP contribution is 2.34. The third-order valence-corrected chi connectivity index (χ3v) is 7.65. The van der Waals surface area contributed by atoms with Crippen LogP contribution in [-0.4, -0.2) is 69.6 Å². The lowest BCUT2D eigenvalue weighted by Gasteiger charge is -2.42. The van der Waals surface area contributed by atoms with Crippen molar-refractivity contribution in [3.8, 4) is 28.9 Å². The van der Waals surface area contributed by atoms with E-state index in [-0.39, 0.29) is 32.0 Å². The van der Waals surface area contributed by atoms with E-state index in [4.69, 9.17) is 35.5 Å². The molecule has 0 aliphatic carbocycles. The molecule has 5 heterocycles. The van der Waals surface area contributed by atoms with Gasteiger partial charge >= 0.3 is 0 Å². The summed E-state index contributed by atoms with van der Waals surface area (Å²) in [6.07, 6.45) is 5.32. The number of anilines is 1. The molecule has 0 saturated carbocycles. The normalized spacial score (nSPS) is 17.5. The Morgan fingerprint density at radius 2 is 1.67 bits per heavy atom. The van der Waals surface area contributed by atoms with Crippen LogP contribution in [0.25, 0.3) is 5.95 Å². The zero-order valence-electron chi connectivity index (χ0n) is 22.6. The van der Waals surface area contributed by atoms with Crippen molar-refractivity contribution in [3.05, 3.63) is 77.5 Å². The summed E-state index contributed by atoms with van der Waals surface area (Å²) in [4.78, 5) is 31.0. The molecule has 3 aliphatic rings. The van der Waals surface area contributed by atoms with E-state index < -0.39 is 0 Å².